The molecule has 2 aromatic rings. The Morgan fingerprint density at radius 2 is 1.74 bits per heavy atom. The van der Waals surface area contributed by atoms with Crippen molar-refractivity contribution in [3.63, 3.8) is 0 Å². The molecule has 2 aromatic carbocycles. The molecule has 7 nitrogen and oxygen atoms in total. The van der Waals surface area contributed by atoms with Gasteiger partial charge in [0.05, 0.1) is 22.0 Å². The zero-order chi connectivity index (χ0) is 25.6. The Balaban J connectivity index is 2.44. The molecule has 0 saturated carbocycles. The molecule has 0 radical (unpaired) electrons. The van der Waals surface area contributed by atoms with Gasteiger partial charge in [0.15, 0.2) is 0 Å². The SMILES string of the molecule is CCCNC(=O)[C@@H](C)N(Cc1ccc(Cl)c(Cl)c1)C(=O)CN(c1cc(C)ccc1C)S(C)(=O)=O. The standard InChI is InChI=1S/C24H31Cl2N3O4S/c1-6-11-27-24(31)18(4)28(14-19-9-10-20(25)21(26)13-19)23(30)15-29(34(5,32)33)22-12-16(2)7-8-17(22)3/h7-10,12-13,18H,6,11,14-15H2,1-5H3,(H,27,31)/t18-/m1/s1. The molecular formula is C24H31Cl2N3O4S. The highest BCUT2D eigenvalue weighted by molar-refractivity contribution is 7.92. The van der Waals surface area contributed by atoms with Crippen LogP contribution in [0.2, 0.25) is 10.0 Å². The van der Waals surface area contributed by atoms with Gasteiger partial charge in [-0.3, -0.25) is 13.9 Å². The van der Waals surface area contributed by atoms with Crippen LogP contribution in [0.15, 0.2) is 36.4 Å². The molecule has 0 bridgehead atoms. The number of carbonyl (C=O) groups is 2. The van der Waals surface area contributed by atoms with Crippen LogP contribution in [0, 0.1) is 13.8 Å². The molecule has 0 saturated heterocycles. The van der Waals surface area contributed by atoms with Crippen molar-refractivity contribution < 1.29 is 18.0 Å². The number of amides is 2. The highest BCUT2D eigenvalue weighted by atomic mass is 35.5. The first kappa shape index (κ1) is 28.0. The van der Waals surface area contributed by atoms with E-state index in [1.165, 1.54) is 4.90 Å². The van der Waals surface area contributed by atoms with E-state index in [1.54, 1.807) is 38.1 Å². The molecule has 2 rings (SSSR count). The number of nitrogens with one attached hydrogen (secondary N) is 1. The molecule has 1 atom stereocenters. The first-order valence-electron chi connectivity index (χ1n) is 10.9. The number of rotatable bonds is 10. The van der Waals surface area contributed by atoms with Gasteiger partial charge < -0.3 is 10.2 Å². The number of hydrogen-bond donors (Lipinski definition) is 1. The van der Waals surface area contributed by atoms with Gasteiger partial charge in [0, 0.05) is 13.1 Å². The Labute approximate surface area is 212 Å². The number of sulfonamides is 1. The largest absolute Gasteiger partial charge is 0.354 e. The predicted molar refractivity (Wildman–Crippen MR) is 138 cm³/mol. The van der Waals surface area contributed by atoms with Crippen molar-refractivity contribution in [2.24, 2.45) is 0 Å². The number of anilines is 1. The summed E-state index contributed by atoms with van der Waals surface area (Å²) in [6.45, 7) is 7.25. The number of halogens is 2. The summed E-state index contributed by atoms with van der Waals surface area (Å²) in [6.07, 6.45) is 1.80. The number of carbonyl (C=O) groups excluding carboxylic acids is 2. The fourth-order valence-electron chi connectivity index (χ4n) is 3.40. The van der Waals surface area contributed by atoms with Crippen LogP contribution < -0.4 is 9.62 Å². The van der Waals surface area contributed by atoms with Crippen LogP contribution in [0.5, 0.6) is 0 Å². The lowest BCUT2D eigenvalue weighted by atomic mass is 10.1. The minimum atomic E-state index is -3.78. The summed E-state index contributed by atoms with van der Waals surface area (Å²) in [5.74, 6) is -0.843. The molecule has 0 aromatic heterocycles. The molecule has 1 N–H and O–H groups in total. The smallest absolute Gasteiger partial charge is 0.244 e. The molecule has 0 heterocycles. The van der Waals surface area contributed by atoms with Gasteiger partial charge in [-0.2, -0.15) is 0 Å². The third-order valence-corrected chi connectivity index (χ3v) is 7.23. The van der Waals surface area contributed by atoms with Crippen molar-refractivity contribution >= 4 is 50.7 Å². The van der Waals surface area contributed by atoms with Gasteiger partial charge in [-0.15, -0.1) is 0 Å². The Morgan fingerprint density at radius 1 is 1.06 bits per heavy atom. The van der Waals surface area contributed by atoms with Crippen LogP contribution in [0.3, 0.4) is 0 Å². The van der Waals surface area contributed by atoms with Gasteiger partial charge >= 0.3 is 0 Å². The zero-order valence-electron chi connectivity index (χ0n) is 20.1. The van der Waals surface area contributed by atoms with E-state index in [2.05, 4.69) is 5.32 Å². The normalized spacial score (nSPS) is 12.2. The summed E-state index contributed by atoms with van der Waals surface area (Å²) < 4.78 is 26.4. The third-order valence-electron chi connectivity index (χ3n) is 5.37. The van der Waals surface area contributed by atoms with Crippen LogP contribution in [-0.2, 0) is 26.2 Å². The predicted octanol–water partition coefficient (Wildman–Crippen LogP) is 4.32. The van der Waals surface area contributed by atoms with E-state index in [-0.39, 0.29) is 12.5 Å². The lowest BCUT2D eigenvalue weighted by Crippen LogP contribution is -2.51. The zero-order valence-corrected chi connectivity index (χ0v) is 22.4. The second-order valence-corrected chi connectivity index (χ2v) is 11.0. The van der Waals surface area contributed by atoms with Gasteiger partial charge in [-0.25, -0.2) is 8.42 Å². The van der Waals surface area contributed by atoms with E-state index in [0.29, 0.717) is 33.4 Å². The Kier molecular flexibility index (Phi) is 9.79. The van der Waals surface area contributed by atoms with Crippen molar-refractivity contribution in [3.8, 4) is 0 Å². The van der Waals surface area contributed by atoms with Gasteiger partial charge in [0.1, 0.15) is 12.6 Å². The van der Waals surface area contributed by atoms with Gasteiger partial charge in [0.25, 0.3) is 0 Å². The van der Waals surface area contributed by atoms with E-state index < -0.39 is 28.5 Å². The van der Waals surface area contributed by atoms with Crippen molar-refractivity contribution in [3.05, 3.63) is 63.1 Å². The van der Waals surface area contributed by atoms with E-state index in [1.807, 2.05) is 26.0 Å². The lowest BCUT2D eigenvalue weighted by Gasteiger charge is -2.32. The van der Waals surface area contributed by atoms with E-state index >= 15 is 0 Å². The maximum absolute atomic E-state index is 13.5. The molecule has 0 aliphatic carbocycles. The highest BCUT2D eigenvalue weighted by Crippen LogP contribution is 2.26. The van der Waals surface area contributed by atoms with Gasteiger partial charge in [-0.1, -0.05) is 48.3 Å². The first-order valence-corrected chi connectivity index (χ1v) is 13.5. The summed E-state index contributed by atoms with van der Waals surface area (Å²) in [5.41, 5.74) is 2.67. The molecule has 0 aliphatic heterocycles. The maximum Gasteiger partial charge on any atom is 0.244 e. The summed E-state index contributed by atoms with van der Waals surface area (Å²) in [6, 6.07) is 9.52. The third kappa shape index (κ3) is 7.35. The maximum atomic E-state index is 13.5. The minimum Gasteiger partial charge on any atom is -0.354 e. The van der Waals surface area contributed by atoms with Gasteiger partial charge in [-0.05, 0) is 62.1 Å². The average Bonchev–Trinajstić information content (AvgIpc) is 2.76. The van der Waals surface area contributed by atoms with E-state index in [9.17, 15) is 18.0 Å². The number of nitrogens with zero attached hydrogens (tertiary/aromatic N) is 2. The summed E-state index contributed by atoms with van der Waals surface area (Å²) in [5, 5.41) is 3.49. The molecular weight excluding hydrogens is 497 g/mol. The summed E-state index contributed by atoms with van der Waals surface area (Å²) in [7, 11) is -3.78. The molecule has 0 unspecified atom stereocenters. The number of aryl methyl sites for hydroxylation is 2. The summed E-state index contributed by atoms with van der Waals surface area (Å²) >= 11 is 12.2. The molecule has 0 fully saturated rings. The van der Waals surface area contributed by atoms with Crippen molar-refractivity contribution in [2.45, 2.75) is 46.7 Å². The van der Waals surface area contributed by atoms with Gasteiger partial charge in [0.2, 0.25) is 21.8 Å². The Bertz CT molecular complexity index is 1150. The van der Waals surface area contributed by atoms with Crippen molar-refractivity contribution in [2.75, 3.05) is 23.7 Å². The second-order valence-electron chi connectivity index (χ2n) is 8.30. The molecule has 0 spiro atoms. The second kappa shape index (κ2) is 11.9. The lowest BCUT2D eigenvalue weighted by molar-refractivity contribution is -0.139. The van der Waals surface area contributed by atoms with Crippen LogP contribution >= 0.6 is 23.2 Å². The Morgan fingerprint density at radius 3 is 2.32 bits per heavy atom. The quantitative estimate of drug-likeness (QED) is 0.498. The number of hydrogen-bond acceptors (Lipinski definition) is 4. The van der Waals surface area contributed by atoms with Crippen molar-refractivity contribution in [1.29, 1.82) is 0 Å². The van der Waals surface area contributed by atoms with E-state index in [4.69, 9.17) is 23.2 Å². The molecule has 34 heavy (non-hydrogen) atoms. The van der Waals surface area contributed by atoms with Crippen LogP contribution in [0.4, 0.5) is 5.69 Å². The monoisotopic (exact) mass is 527 g/mol. The average molecular weight is 529 g/mol. The molecule has 2 amide bonds. The molecule has 186 valence electrons. The topological polar surface area (TPSA) is 86.8 Å². The van der Waals surface area contributed by atoms with Crippen LogP contribution in [-0.4, -0.2) is 50.5 Å². The minimum absolute atomic E-state index is 0.0564. The highest BCUT2D eigenvalue weighted by Gasteiger charge is 2.30. The fraction of sp³-hybridized carbons (Fsp3) is 0.417. The van der Waals surface area contributed by atoms with Crippen molar-refractivity contribution in [1.82, 2.24) is 10.2 Å². The van der Waals surface area contributed by atoms with E-state index in [0.717, 1.165) is 22.5 Å². The van der Waals surface area contributed by atoms with Crippen LogP contribution in [0.25, 0.3) is 0 Å². The molecule has 0 aliphatic rings. The van der Waals surface area contributed by atoms with Crippen LogP contribution in [0.1, 0.15) is 37.0 Å². The first-order chi connectivity index (χ1) is 15.8. The Hall–Kier alpha value is -2.29. The molecule has 10 heteroatoms. The number of benzene rings is 2. The fourth-order valence-corrected chi connectivity index (χ4v) is 4.62. The summed E-state index contributed by atoms with van der Waals surface area (Å²) in [4.78, 5) is 27.6.